The van der Waals surface area contributed by atoms with Crippen molar-refractivity contribution in [3.05, 3.63) is 0 Å². The van der Waals surface area contributed by atoms with E-state index in [9.17, 15) is 9.59 Å². The first-order valence-electron chi connectivity index (χ1n) is 11.5. The Morgan fingerprint density at radius 2 is 1.34 bits per heavy atom. The van der Waals surface area contributed by atoms with Crippen molar-refractivity contribution in [2.24, 2.45) is 5.92 Å². The lowest BCUT2D eigenvalue weighted by molar-refractivity contribution is -0.144. The van der Waals surface area contributed by atoms with Crippen LogP contribution in [0.1, 0.15) is 98.8 Å². The summed E-state index contributed by atoms with van der Waals surface area (Å²) in [4.78, 5) is 23.8. The molecular formula is C23H44N2O4. The summed E-state index contributed by atoms with van der Waals surface area (Å²) >= 11 is 0. The van der Waals surface area contributed by atoms with E-state index >= 15 is 0 Å². The van der Waals surface area contributed by atoms with E-state index in [2.05, 4.69) is 5.32 Å². The SMILES string of the molecule is C1CCC(NC2CCCCC2)CC1.CC(C)C(C(=O)O)N(C)C(=O)OC(C)(C)C. The maximum atomic E-state index is 11.6. The monoisotopic (exact) mass is 412 g/mol. The zero-order valence-electron chi connectivity index (χ0n) is 19.5. The third kappa shape index (κ3) is 10.3. The molecule has 2 aliphatic rings. The van der Waals surface area contributed by atoms with E-state index in [1.807, 2.05) is 0 Å². The molecule has 0 radical (unpaired) electrons. The maximum absolute atomic E-state index is 11.6. The molecule has 29 heavy (non-hydrogen) atoms. The van der Waals surface area contributed by atoms with Gasteiger partial charge in [-0.2, -0.15) is 0 Å². The van der Waals surface area contributed by atoms with Crippen LogP contribution in [0.4, 0.5) is 4.79 Å². The second-order valence-corrected chi connectivity index (χ2v) is 9.95. The third-order valence-electron chi connectivity index (χ3n) is 5.66. The first-order chi connectivity index (χ1) is 13.5. The van der Waals surface area contributed by atoms with E-state index in [0.717, 1.165) is 17.0 Å². The summed E-state index contributed by atoms with van der Waals surface area (Å²) in [6, 6.07) is 0.878. The molecule has 0 saturated heterocycles. The lowest BCUT2D eigenvalue weighted by Crippen LogP contribution is -2.47. The van der Waals surface area contributed by atoms with Crippen LogP contribution in [0.15, 0.2) is 0 Å². The number of ether oxygens (including phenoxy) is 1. The number of hydrogen-bond donors (Lipinski definition) is 2. The van der Waals surface area contributed by atoms with Crippen molar-refractivity contribution >= 4 is 12.1 Å². The second-order valence-electron chi connectivity index (χ2n) is 9.95. The first kappa shape index (κ1) is 25.7. The van der Waals surface area contributed by atoms with Crippen LogP contribution in [0.5, 0.6) is 0 Å². The molecule has 0 aliphatic heterocycles. The van der Waals surface area contributed by atoms with E-state index in [-0.39, 0.29) is 5.92 Å². The van der Waals surface area contributed by atoms with Gasteiger partial charge in [-0.25, -0.2) is 9.59 Å². The minimum atomic E-state index is -1.02. The summed E-state index contributed by atoms with van der Waals surface area (Å²) in [7, 11) is 1.44. The summed E-state index contributed by atoms with van der Waals surface area (Å²) in [5, 5.41) is 12.9. The quantitative estimate of drug-likeness (QED) is 0.648. The molecule has 0 aromatic rings. The van der Waals surface area contributed by atoms with Crippen LogP contribution in [0.2, 0.25) is 0 Å². The minimum Gasteiger partial charge on any atom is -0.480 e. The topological polar surface area (TPSA) is 78.9 Å². The van der Waals surface area contributed by atoms with Crippen molar-refractivity contribution < 1.29 is 19.4 Å². The van der Waals surface area contributed by atoms with E-state index < -0.39 is 23.7 Å². The van der Waals surface area contributed by atoms with E-state index in [0.29, 0.717) is 0 Å². The fourth-order valence-corrected chi connectivity index (χ4v) is 4.22. The fourth-order valence-electron chi connectivity index (χ4n) is 4.22. The van der Waals surface area contributed by atoms with Crippen LogP contribution >= 0.6 is 0 Å². The molecule has 0 aromatic carbocycles. The standard InChI is InChI=1S/C12H23N.C11H21NO4/c1-3-7-11(8-4-1)13-12-9-5-2-6-10-12;1-7(2)8(9(13)14)12(6)10(15)16-11(3,4)5/h11-13H,1-10H2;7-8H,1-6H3,(H,13,14). The number of nitrogens with one attached hydrogen (secondary N) is 1. The highest BCUT2D eigenvalue weighted by Crippen LogP contribution is 2.22. The Labute approximate surface area is 177 Å². The van der Waals surface area contributed by atoms with Gasteiger partial charge in [0.2, 0.25) is 0 Å². The number of likely N-dealkylation sites (N-methyl/N-ethyl adjacent to an activating group) is 1. The van der Waals surface area contributed by atoms with Crippen molar-refractivity contribution in [2.45, 2.75) is 123 Å². The van der Waals surface area contributed by atoms with Gasteiger partial charge in [-0.1, -0.05) is 52.4 Å². The van der Waals surface area contributed by atoms with Crippen LogP contribution in [0.25, 0.3) is 0 Å². The molecule has 170 valence electrons. The van der Waals surface area contributed by atoms with Gasteiger partial charge in [0.25, 0.3) is 0 Å². The van der Waals surface area contributed by atoms with Gasteiger partial charge < -0.3 is 15.2 Å². The summed E-state index contributed by atoms with van der Waals surface area (Å²) < 4.78 is 5.10. The Hall–Kier alpha value is -1.30. The number of hydrogen-bond acceptors (Lipinski definition) is 4. The van der Waals surface area contributed by atoms with Crippen LogP contribution in [0.3, 0.4) is 0 Å². The van der Waals surface area contributed by atoms with Gasteiger partial charge >= 0.3 is 12.1 Å². The molecule has 2 rings (SSSR count). The molecule has 0 heterocycles. The van der Waals surface area contributed by atoms with Gasteiger partial charge in [0.1, 0.15) is 11.6 Å². The smallest absolute Gasteiger partial charge is 0.410 e. The largest absolute Gasteiger partial charge is 0.480 e. The summed E-state index contributed by atoms with van der Waals surface area (Å²) in [5.41, 5.74) is -0.620. The van der Waals surface area contributed by atoms with Gasteiger partial charge in [0.15, 0.2) is 0 Å². The predicted octanol–water partition coefficient (Wildman–Crippen LogP) is 5.20. The Morgan fingerprint density at radius 3 is 1.66 bits per heavy atom. The number of carbonyl (C=O) groups is 2. The zero-order valence-corrected chi connectivity index (χ0v) is 19.5. The Bertz CT molecular complexity index is 474. The lowest BCUT2D eigenvalue weighted by Gasteiger charge is -2.30. The molecule has 2 fully saturated rings. The molecule has 0 bridgehead atoms. The Morgan fingerprint density at radius 1 is 0.931 bits per heavy atom. The number of nitrogens with zero attached hydrogens (tertiary/aromatic N) is 1. The minimum absolute atomic E-state index is 0.171. The van der Waals surface area contributed by atoms with Crippen LogP contribution in [-0.2, 0) is 9.53 Å². The number of carbonyl (C=O) groups excluding carboxylic acids is 1. The Balaban J connectivity index is 0.000000294. The summed E-state index contributed by atoms with van der Waals surface area (Å²) in [5.74, 6) is -1.20. The van der Waals surface area contributed by atoms with Crippen molar-refractivity contribution in [1.82, 2.24) is 10.2 Å². The highest BCUT2D eigenvalue weighted by molar-refractivity contribution is 5.80. The molecule has 1 atom stereocenters. The number of rotatable bonds is 5. The lowest BCUT2D eigenvalue weighted by atomic mass is 9.91. The molecular weight excluding hydrogens is 368 g/mol. The maximum Gasteiger partial charge on any atom is 0.410 e. The van der Waals surface area contributed by atoms with Crippen LogP contribution in [0, 0.1) is 5.92 Å². The summed E-state index contributed by atoms with van der Waals surface area (Å²) in [6.07, 6.45) is 13.9. The molecule has 1 unspecified atom stereocenters. The van der Waals surface area contributed by atoms with Gasteiger partial charge in [0.05, 0.1) is 0 Å². The van der Waals surface area contributed by atoms with Gasteiger partial charge in [0, 0.05) is 19.1 Å². The third-order valence-corrected chi connectivity index (χ3v) is 5.66. The molecule has 0 aromatic heterocycles. The normalized spacial score (nSPS) is 19.8. The van der Waals surface area contributed by atoms with E-state index in [1.165, 1.54) is 71.3 Å². The molecule has 0 spiro atoms. The second kappa shape index (κ2) is 12.4. The predicted molar refractivity (Wildman–Crippen MR) is 117 cm³/mol. The van der Waals surface area contributed by atoms with Gasteiger partial charge in [-0.15, -0.1) is 0 Å². The van der Waals surface area contributed by atoms with Gasteiger partial charge in [-0.3, -0.25) is 4.90 Å². The van der Waals surface area contributed by atoms with Crippen LogP contribution < -0.4 is 5.32 Å². The average Bonchev–Trinajstić information content (AvgIpc) is 2.62. The Kier molecular flexibility index (Phi) is 11.0. The van der Waals surface area contributed by atoms with E-state index in [1.54, 1.807) is 34.6 Å². The molecule has 2 saturated carbocycles. The highest BCUT2D eigenvalue weighted by Gasteiger charge is 2.32. The van der Waals surface area contributed by atoms with Gasteiger partial charge in [-0.05, 0) is 52.4 Å². The fraction of sp³-hybridized carbons (Fsp3) is 0.913. The van der Waals surface area contributed by atoms with Crippen molar-refractivity contribution in [2.75, 3.05) is 7.05 Å². The molecule has 1 amide bonds. The van der Waals surface area contributed by atoms with E-state index in [4.69, 9.17) is 9.84 Å². The number of amides is 1. The number of carboxylic acid groups (broad SMARTS) is 1. The number of aliphatic carboxylic acids is 1. The van der Waals surface area contributed by atoms with Crippen molar-refractivity contribution in [3.8, 4) is 0 Å². The summed E-state index contributed by atoms with van der Waals surface area (Å²) in [6.45, 7) is 8.72. The average molecular weight is 413 g/mol. The van der Waals surface area contributed by atoms with Crippen molar-refractivity contribution in [3.63, 3.8) is 0 Å². The molecule has 6 nitrogen and oxygen atoms in total. The zero-order chi connectivity index (χ0) is 22.0. The highest BCUT2D eigenvalue weighted by atomic mass is 16.6. The molecule has 2 aliphatic carbocycles. The van der Waals surface area contributed by atoms with Crippen LogP contribution in [-0.4, -0.2) is 52.8 Å². The molecule has 2 N–H and O–H groups in total. The number of carboxylic acids is 1. The van der Waals surface area contributed by atoms with Crippen molar-refractivity contribution in [1.29, 1.82) is 0 Å². The molecule has 6 heteroatoms. The first-order valence-corrected chi connectivity index (χ1v) is 11.5.